The van der Waals surface area contributed by atoms with E-state index in [9.17, 15) is 13.2 Å². The SMILES string of the molecule is COc1ccccc1CN[C@@H]1C2CCN(CC2)C1c1cccc(C(F)(F)F)c1. The first-order valence-corrected chi connectivity index (χ1v) is 9.74. The average Bonchev–Trinajstić information content (AvgIpc) is 2.72. The van der Waals surface area contributed by atoms with E-state index in [4.69, 9.17) is 4.74 Å². The second kappa shape index (κ2) is 7.76. The van der Waals surface area contributed by atoms with Crippen LogP contribution >= 0.6 is 0 Å². The fraction of sp³-hybridized carbons (Fsp3) is 0.455. The molecule has 0 radical (unpaired) electrons. The highest BCUT2D eigenvalue weighted by Gasteiger charge is 2.43. The molecule has 0 saturated carbocycles. The van der Waals surface area contributed by atoms with Gasteiger partial charge in [0.2, 0.25) is 0 Å². The highest BCUT2D eigenvalue weighted by atomic mass is 19.4. The molecule has 3 heterocycles. The van der Waals surface area contributed by atoms with Crippen LogP contribution in [0.3, 0.4) is 0 Å². The Balaban J connectivity index is 1.60. The topological polar surface area (TPSA) is 24.5 Å². The van der Waals surface area contributed by atoms with E-state index < -0.39 is 11.7 Å². The molecule has 6 heteroatoms. The monoisotopic (exact) mass is 390 g/mol. The fourth-order valence-electron chi connectivity index (χ4n) is 4.71. The third-order valence-corrected chi connectivity index (χ3v) is 6.09. The number of nitrogens with zero attached hydrogens (tertiary/aromatic N) is 1. The fourth-order valence-corrected chi connectivity index (χ4v) is 4.71. The van der Waals surface area contributed by atoms with Gasteiger partial charge in [-0.05, 0) is 55.6 Å². The first-order valence-electron chi connectivity index (χ1n) is 9.74. The van der Waals surface area contributed by atoms with Gasteiger partial charge in [-0.15, -0.1) is 0 Å². The maximum atomic E-state index is 13.2. The predicted octanol–water partition coefficient (Wildman–Crippen LogP) is 4.64. The highest BCUT2D eigenvalue weighted by molar-refractivity contribution is 5.34. The third kappa shape index (κ3) is 3.76. The quantitative estimate of drug-likeness (QED) is 0.805. The molecule has 1 N–H and O–H groups in total. The van der Waals surface area contributed by atoms with Gasteiger partial charge in [-0.25, -0.2) is 0 Å². The van der Waals surface area contributed by atoms with Crippen LogP contribution in [0.1, 0.15) is 35.6 Å². The van der Waals surface area contributed by atoms with Crippen molar-refractivity contribution in [2.75, 3.05) is 20.2 Å². The van der Waals surface area contributed by atoms with E-state index in [1.165, 1.54) is 12.1 Å². The molecule has 5 rings (SSSR count). The molecular weight excluding hydrogens is 365 g/mol. The lowest BCUT2D eigenvalue weighted by Crippen LogP contribution is -2.57. The van der Waals surface area contributed by atoms with E-state index in [0.717, 1.165) is 48.9 Å². The van der Waals surface area contributed by atoms with Gasteiger partial charge in [0, 0.05) is 18.2 Å². The molecule has 2 aromatic rings. The number of piperidine rings is 3. The van der Waals surface area contributed by atoms with Gasteiger partial charge in [-0.2, -0.15) is 13.2 Å². The van der Waals surface area contributed by atoms with Gasteiger partial charge in [0.1, 0.15) is 5.75 Å². The number of ether oxygens (including phenoxy) is 1. The van der Waals surface area contributed by atoms with Gasteiger partial charge in [0.05, 0.1) is 18.7 Å². The summed E-state index contributed by atoms with van der Waals surface area (Å²) in [6.07, 6.45) is -2.16. The summed E-state index contributed by atoms with van der Waals surface area (Å²) in [5.41, 5.74) is 1.23. The average molecular weight is 390 g/mol. The zero-order valence-corrected chi connectivity index (χ0v) is 15.9. The van der Waals surface area contributed by atoms with Crippen molar-refractivity contribution in [3.05, 3.63) is 65.2 Å². The Morgan fingerprint density at radius 3 is 2.54 bits per heavy atom. The van der Waals surface area contributed by atoms with Crippen LogP contribution in [-0.2, 0) is 12.7 Å². The number of hydrogen-bond acceptors (Lipinski definition) is 3. The summed E-state index contributed by atoms with van der Waals surface area (Å²) in [4.78, 5) is 2.33. The van der Waals surface area contributed by atoms with Gasteiger partial charge in [-0.1, -0.05) is 30.3 Å². The molecule has 0 amide bonds. The molecule has 3 saturated heterocycles. The molecule has 1 unspecified atom stereocenters. The molecule has 28 heavy (non-hydrogen) atoms. The minimum absolute atomic E-state index is 0.0375. The number of nitrogens with one attached hydrogen (secondary N) is 1. The zero-order chi connectivity index (χ0) is 19.7. The normalized spacial score (nSPS) is 27.0. The number of hydrogen-bond donors (Lipinski definition) is 1. The molecule has 3 aliphatic heterocycles. The lowest BCUT2D eigenvalue weighted by molar-refractivity contribution is -0.137. The zero-order valence-electron chi connectivity index (χ0n) is 15.9. The van der Waals surface area contributed by atoms with E-state index in [2.05, 4.69) is 10.2 Å². The Labute approximate surface area is 163 Å². The lowest BCUT2D eigenvalue weighted by atomic mass is 9.76. The molecule has 0 aromatic heterocycles. The molecule has 0 spiro atoms. The Morgan fingerprint density at radius 2 is 1.82 bits per heavy atom. The van der Waals surface area contributed by atoms with Crippen LogP contribution in [0.4, 0.5) is 13.2 Å². The van der Waals surface area contributed by atoms with Crippen molar-refractivity contribution in [1.29, 1.82) is 0 Å². The number of halogens is 3. The summed E-state index contributed by atoms with van der Waals surface area (Å²) in [5, 5.41) is 3.65. The highest BCUT2D eigenvalue weighted by Crippen LogP contribution is 2.42. The molecular formula is C22H25F3N2O. The van der Waals surface area contributed by atoms with Crippen molar-refractivity contribution in [3.63, 3.8) is 0 Å². The second-order valence-electron chi connectivity index (χ2n) is 7.66. The number of benzene rings is 2. The minimum Gasteiger partial charge on any atom is -0.496 e. The molecule has 2 bridgehead atoms. The van der Waals surface area contributed by atoms with Crippen molar-refractivity contribution in [2.24, 2.45) is 5.92 Å². The Kier molecular flexibility index (Phi) is 5.34. The van der Waals surface area contributed by atoms with Crippen molar-refractivity contribution in [3.8, 4) is 5.75 Å². The molecule has 2 aromatic carbocycles. The number of methoxy groups -OCH3 is 1. The van der Waals surface area contributed by atoms with Gasteiger partial charge < -0.3 is 10.1 Å². The molecule has 3 aliphatic rings. The smallest absolute Gasteiger partial charge is 0.416 e. The molecule has 0 aliphatic carbocycles. The van der Waals surface area contributed by atoms with Gasteiger partial charge >= 0.3 is 6.18 Å². The molecule has 150 valence electrons. The maximum absolute atomic E-state index is 13.2. The van der Waals surface area contributed by atoms with Gasteiger partial charge in [0.25, 0.3) is 0 Å². The van der Waals surface area contributed by atoms with E-state index >= 15 is 0 Å². The summed E-state index contributed by atoms with van der Waals surface area (Å²) in [5.74, 6) is 1.30. The second-order valence-corrected chi connectivity index (χ2v) is 7.66. The van der Waals surface area contributed by atoms with Crippen LogP contribution in [0, 0.1) is 5.92 Å². The summed E-state index contributed by atoms with van der Waals surface area (Å²) in [7, 11) is 1.65. The van der Waals surface area contributed by atoms with E-state index in [1.54, 1.807) is 7.11 Å². The summed E-state index contributed by atoms with van der Waals surface area (Å²) < 4.78 is 45.1. The molecule has 3 fully saturated rings. The lowest BCUT2D eigenvalue weighted by Gasteiger charge is -2.51. The number of para-hydroxylation sites is 1. The first-order chi connectivity index (χ1) is 13.5. The summed E-state index contributed by atoms with van der Waals surface area (Å²) in [6.45, 7) is 2.52. The van der Waals surface area contributed by atoms with Crippen LogP contribution < -0.4 is 10.1 Å². The van der Waals surface area contributed by atoms with E-state index in [-0.39, 0.29) is 12.1 Å². The number of fused-ring (bicyclic) bond motifs is 3. The predicted molar refractivity (Wildman–Crippen MR) is 102 cm³/mol. The summed E-state index contributed by atoms with van der Waals surface area (Å²) >= 11 is 0. The van der Waals surface area contributed by atoms with Crippen LogP contribution in [0.25, 0.3) is 0 Å². The van der Waals surface area contributed by atoms with Crippen molar-refractivity contribution in [1.82, 2.24) is 10.2 Å². The first kappa shape index (κ1) is 19.3. The Hall–Kier alpha value is -2.05. The maximum Gasteiger partial charge on any atom is 0.416 e. The van der Waals surface area contributed by atoms with Crippen molar-refractivity contribution < 1.29 is 17.9 Å². The number of rotatable bonds is 5. The standard InChI is InChI=1S/C22H25F3N2O/c1-28-19-8-3-2-5-17(19)14-26-20-15-9-11-27(12-10-15)21(20)16-6-4-7-18(13-16)22(23,24)25/h2-8,13,15,20-21,26H,9-12,14H2,1H3/t20-,21?/m1/s1. The number of alkyl halides is 3. The van der Waals surface area contributed by atoms with Crippen LogP contribution in [0.15, 0.2) is 48.5 Å². The van der Waals surface area contributed by atoms with Crippen molar-refractivity contribution >= 4 is 0 Å². The Morgan fingerprint density at radius 1 is 1.07 bits per heavy atom. The minimum atomic E-state index is -4.32. The van der Waals surface area contributed by atoms with Crippen LogP contribution in [-0.4, -0.2) is 31.1 Å². The van der Waals surface area contributed by atoms with E-state index in [0.29, 0.717) is 12.5 Å². The van der Waals surface area contributed by atoms with Crippen molar-refractivity contribution in [2.45, 2.75) is 37.6 Å². The molecule has 3 nitrogen and oxygen atoms in total. The third-order valence-electron chi connectivity index (χ3n) is 6.09. The van der Waals surface area contributed by atoms with Crippen LogP contribution in [0.5, 0.6) is 5.75 Å². The van der Waals surface area contributed by atoms with E-state index in [1.807, 2.05) is 30.3 Å². The van der Waals surface area contributed by atoms with Gasteiger partial charge in [-0.3, -0.25) is 4.90 Å². The van der Waals surface area contributed by atoms with Gasteiger partial charge in [0.15, 0.2) is 0 Å². The van der Waals surface area contributed by atoms with Crippen LogP contribution in [0.2, 0.25) is 0 Å². The Bertz CT molecular complexity index is 815. The summed E-state index contributed by atoms with van der Waals surface area (Å²) in [6, 6.07) is 13.8. The largest absolute Gasteiger partial charge is 0.496 e. The molecule has 2 atom stereocenters.